The topological polar surface area (TPSA) is 24.9 Å². The van der Waals surface area contributed by atoms with Gasteiger partial charge in [-0.3, -0.25) is 0 Å². The van der Waals surface area contributed by atoms with E-state index < -0.39 is 5.95 Å². The second-order valence-corrected chi connectivity index (χ2v) is 4.35. The van der Waals surface area contributed by atoms with Crippen LogP contribution in [0, 0.1) is 11.8 Å². The van der Waals surface area contributed by atoms with Crippen LogP contribution in [-0.4, -0.2) is 4.98 Å². The van der Waals surface area contributed by atoms with Gasteiger partial charge in [-0.15, -0.1) is 0 Å². The molecule has 2 aromatic rings. The molecular weight excluding hydrogens is 290 g/mol. The summed E-state index contributed by atoms with van der Waals surface area (Å²) in [6.45, 7) is 0.259. The lowest BCUT2D eigenvalue weighted by Gasteiger charge is -2.06. The van der Waals surface area contributed by atoms with E-state index in [9.17, 15) is 8.78 Å². The molecule has 1 N–H and O–H groups in total. The zero-order valence-corrected chi connectivity index (χ0v) is 10.3. The van der Waals surface area contributed by atoms with Gasteiger partial charge in [-0.1, -0.05) is 28.1 Å². The van der Waals surface area contributed by atoms with Gasteiger partial charge in [0.1, 0.15) is 11.6 Å². The summed E-state index contributed by atoms with van der Waals surface area (Å²) in [4.78, 5) is 3.63. The van der Waals surface area contributed by atoms with E-state index in [1.54, 1.807) is 24.3 Å². The highest BCUT2D eigenvalue weighted by Gasteiger charge is 2.03. The number of anilines is 1. The predicted molar refractivity (Wildman–Crippen MR) is 65.6 cm³/mol. The Morgan fingerprint density at radius 1 is 1.18 bits per heavy atom. The average molecular weight is 299 g/mol. The average Bonchev–Trinajstić information content (AvgIpc) is 2.28. The maximum atomic E-state index is 13.5. The molecule has 1 heterocycles. The minimum absolute atomic E-state index is 0.259. The first-order valence-electron chi connectivity index (χ1n) is 4.95. The van der Waals surface area contributed by atoms with Crippen molar-refractivity contribution in [3.05, 3.63) is 58.2 Å². The lowest BCUT2D eigenvalue weighted by Crippen LogP contribution is -2.03. The van der Waals surface area contributed by atoms with E-state index in [1.165, 1.54) is 12.1 Å². The van der Waals surface area contributed by atoms with Gasteiger partial charge in [-0.05, 0) is 24.3 Å². The van der Waals surface area contributed by atoms with E-state index in [2.05, 4.69) is 26.2 Å². The fraction of sp³-hybridized carbons (Fsp3) is 0.0833. The largest absolute Gasteiger partial charge is 0.366 e. The van der Waals surface area contributed by atoms with E-state index in [0.717, 1.165) is 0 Å². The smallest absolute Gasteiger partial charge is 0.214 e. The van der Waals surface area contributed by atoms with Gasteiger partial charge in [0, 0.05) is 16.6 Å². The van der Waals surface area contributed by atoms with Crippen LogP contribution in [0.1, 0.15) is 5.56 Å². The third-order valence-electron chi connectivity index (χ3n) is 2.19. The third-order valence-corrected chi connectivity index (χ3v) is 2.68. The number of rotatable bonds is 3. The third kappa shape index (κ3) is 3.23. The van der Waals surface area contributed by atoms with Crippen molar-refractivity contribution in [1.82, 2.24) is 4.98 Å². The fourth-order valence-corrected chi connectivity index (χ4v) is 1.69. The summed E-state index contributed by atoms with van der Waals surface area (Å²) in [5.41, 5.74) is 0.499. The summed E-state index contributed by atoms with van der Waals surface area (Å²) < 4.78 is 26.9. The Morgan fingerprint density at radius 3 is 2.71 bits per heavy atom. The number of hydrogen-bond acceptors (Lipinski definition) is 2. The van der Waals surface area contributed by atoms with Crippen LogP contribution in [0.5, 0.6) is 0 Å². The molecule has 2 rings (SSSR count). The normalized spacial score (nSPS) is 10.3. The zero-order chi connectivity index (χ0) is 12.3. The summed E-state index contributed by atoms with van der Waals surface area (Å²) in [5, 5.41) is 2.86. The molecule has 17 heavy (non-hydrogen) atoms. The number of aromatic nitrogens is 1. The van der Waals surface area contributed by atoms with Gasteiger partial charge in [-0.25, -0.2) is 9.37 Å². The Kier molecular flexibility index (Phi) is 3.68. The number of nitrogens with one attached hydrogen (secondary N) is 1. The van der Waals surface area contributed by atoms with Crippen molar-refractivity contribution in [2.24, 2.45) is 0 Å². The van der Waals surface area contributed by atoms with Crippen molar-refractivity contribution >= 4 is 21.7 Å². The molecule has 0 saturated heterocycles. The maximum absolute atomic E-state index is 13.5. The first kappa shape index (κ1) is 12.0. The molecule has 0 saturated carbocycles. The predicted octanol–water partition coefficient (Wildman–Crippen LogP) is 3.73. The molecule has 0 spiro atoms. The second kappa shape index (κ2) is 5.23. The van der Waals surface area contributed by atoms with Crippen LogP contribution in [0.25, 0.3) is 0 Å². The first-order chi connectivity index (χ1) is 8.15. The molecule has 0 fully saturated rings. The number of halogens is 3. The lowest BCUT2D eigenvalue weighted by molar-refractivity contribution is 0.584. The van der Waals surface area contributed by atoms with Crippen molar-refractivity contribution in [1.29, 1.82) is 0 Å². The van der Waals surface area contributed by atoms with Gasteiger partial charge in [-0.2, -0.15) is 4.39 Å². The molecule has 1 aromatic heterocycles. The standard InChI is InChI=1S/C12H9BrF2N2/c13-9-5-4-8(10(14)6-9)7-16-12-3-1-2-11(15)17-12/h1-6H,7H2,(H,16,17). The molecule has 1 aromatic carbocycles. The van der Waals surface area contributed by atoms with Crippen molar-refractivity contribution in [2.45, 2.75) is 6.54 Å². The van der Waals surface area contributed by atoms with Crippen molar-refractivity contribution in [3.8, 4) is 0 Å². The number of pyridine rings is 1. The molecule has 0 atom stereocenters. The van der Waals surface area contributed by atoms with E-state index in [-0.39, 0.29) is 12.4 Å². The number of hydrogen-bond donors (Lipinski definition) is 1. The van der Waals surface area contributed by atoms with Crippen molar-refractivity contribution in [3.63, 3.8) is 0 Å². The van der Waals surface area contributed by atoms with E-state index in [0.29, 0.717) is 15.9 Å². The van der Waals surface area contributed by atoms with Gasteiger partial charge in [0.15, 0.2) is 0 Å². The molecule has 0 aliphatic carbocycles. The quantitative estimate of drug-likeness (QED) is 0.873. The Bertz CT molecular complexity index is 532. The highest BCUT2D eigenvalue weighted by molar-refractivity contribution is 9.10. The summed E-state index contributed by atoms with van der Waals surface area (Å²) in [7, 11) is 0. The minimum Gasteiger partial charge on any atom is -0.366 e. The van der Waals surface area contributed by atoms with E-state index in [4.69, 9.17) is 0 Å². The van der Waals surface area contributed by atoms with E-state index in [1.807, 2.05) is 0 Å². The van der Waals surface area contributed by atoms with Gasteiger partial charge in [0.05, 0.1) is 0 Å². The SMILES string of the molecule is Fc1cccc(NCc2ccc(Br)cc2F)n1. The van der Waals surface area contributed by atoms with Crippen LogP contribution in [-0.2, 0) is 6.54 Å². The van der Waals surface area contributed by atoms with Crippen LogP contribution in [0.4, 0.5) is 14.6 Å². The molecule has 0 bridgehead atoms. The first-order valence-corrected chi connectivity index (χ1v) is 5.75. The zero-order valence-electron chi connectivity index (χ0n) is 8.75. The minimum atomic E-state index is -0.564. The van der Waals surface area contributed by atoms with Crippen molar-refractivity contribution in [2.75, 3.05) is 5.32 Å². The summed E-state index contributed by atoms with van der Waals surface area (Å²) in [5.74, 6) is -0.498. The molecule has 0 aliphatic rings. The summed E-state index contributed by atoms with van der Waals surface area (Å²) in [6.07, 6.45) is 0. The van der Waals surface area contributed by atoms with Gasteiger partial charge in [0.2, 0.25) is 5.95 Å². The van der Waals surface area contributed by atoms with Gasteiger partial charge >= 0.3 is 0 Å². The molecule has 88 valence electrons. The molecule has 0 radical (unpaired) electrons. The molecule has 0 aliphatic heterocycles. The van der Waals surface area contributed by atoms with Crippen LogP contribution >= 0.6 is 15.9 Å². The highest BCUT2D eigenvalue weighted by Crippen LogP contribution is 2.16. The molecule has 2 nitrogen and oxygen atoms in total. The van der Waals surface area contributed by atoms with Gasteiger partial charge in [0.25, 0.3) is 0 Å². The Morgan fingerprint density at radius 2 is 2.00 bits per heavy atom. The van der Waals surface area contributed by atoms with E-state index >= 15 is 0 Å². The van der Waals surface area contributed by atoms with Crippen LogP contribution in [0.3, 0.4) is 0 Å². The molecular formula is C12H9BrF2N2. The summed E-state index contributed by atoms with van der Waals surface area (Å²) >= 11 is 3.18. The monoisotopic (exact) mass is 298 g/mol. The lowest BCUT2D eigenvalue weighted by atomic mass is 10.2. The molecule has 5 heteroatoms. The Labute approximate surface area is 106 Å². The van der Waals surface area contributed by atoms with Crippen LogP contribution < -0.4 is 5.32 Å². The Balaban J connectivity index is 2.07. The molecule has 0 unspecified atom stereocenters. The van der Waals surface area contributed by atoms with Gasteiger partial charge < -0.3 is 5.32 Å². The van der Waals surface area contributed by atoms with Crippen LogP contribution in [0.2, 0.25) is 0 Å². The number of nitrogens with zero attached hydrogens (tertiary/aromatic N) is 1. The number of benzene rings is 1. The Hall–Kier alpha value is -1.49. The fourth-order valence-electron chi connectivity index (χ4n) is 1.36. The molecule has 0 amide bonds. The second-order valence-electron chi connectivity index (χ2n) is 3.43. The summed E-state index contributed by atoms with van der Waals surface area (Å²) in [6, 6.07) is 9.22. The van der Waals surface area contributed by atoms with Crippen LogP contribution in [0.15, 0.2) is 40.9 Å². The highest BCUT2D eigenvalue weighted by atomic mass is 79.9. The maximum Gasteiger partial charge on any atom is 0.214 e. The van der Waals surface area contributed by atoms with Crippen molar-refractivity contribution < 1.29 is 8.78 Å².